The number of nitrogens with zero attached hydrogens (tertiary/aromatic N) is 3. The van der Waals surface area contributed by atoms with Crippen LogP contribution in [0.1, 0.15) is 28.1 Å². The molecule has 1 aliphatic rings. The second-order valence-corrected chi connectivity index (χ2v) is 9.66. The van der Waals surface area contributed by atoms with Gasteiger partial charge in [0.05, 0.1) is 5.69 Å². The fourth-order valence-corrected chi connectivity index (χ4v) is 5.17. The van der Waals surface area contributed by atoms with Crippen LogP contribution in [0.25, 0.3) is 11.5 Å². The SMILES string of the molecule is Cc1cccc(-c2nc(CSCC(O)N3CCN(c4cccc(C)c4C)CC3)c(C)o2)c1. The zero-order valence-corrected chi connectivity index (χ0v) is 20.3. The van der Waals surface area contributed by atoms with Crippen molar-refractivity contribution in [2.45, 2.75) is 39.7 Å². The van der Waals surface area contributed by atoms with Crippen LogP contribution in [0.3, 0.4) is 0 Å². The van der Waals surface area contributed by atoms with Crippen molar-refractivity contribution in [3.63, 3.8) is 0 Å². The maximum atomic E-state index is 10.7. The predicted octanol–water partition coefficient (Wildman–Crippen LogP) is 4.95. The molecule has 0 saturated carbocycles. The monoisotopic (exact) mass is 451 g/mol. The van der Waals surface area contributed by atoms with Gasteiger partial charge in [-0.15, -0.1) is 0 Å². The van der Waals surface area contributed by atoms with E-state index in [-0.39, 0.29) is 0 Å². The van der Waals surface area contributed by atoms with E-state index in [4.69, 9.17) is 9.40 Å². The summed E-state index contributed by atoms with van der Waals surface area (Å²) >= 11 is 1.71. The van der Waals surface area contributed by atoms with Gasteiger partial charge in [0.2, 0.25) is 5.89 Å². The molecule has 170 valence electrons. The summed E-state index contributed by atoms with van der Waals surface area (Å²) in [6.07, 6.45) is -0.441. The molecule has 0 amide bonds. The molecular weight excluding hydrogens is 418 g/mol. The summed E-state index contributed by atoms with van der Waals surface area (Å²) in [5, 5.41) is 10.7. The van der Waals surface area contributed by atoms with E-state index in [0.29, 0.717) is 11.6 Å². The fourth-order valence-electron chi connectivity index (χ4n) is 4.17. The number of oxazole rings is 1. The van der Waals surface area contributed by atoms with Crippen molar-refractivity contribution in [1.29, 1.82) is 0 Å². The van der Waals surface area contributed by atoms with E-state index in [2.05, 4.69) is 60.9 Å². The summed E-state index contributed by atoms with van der Waals surface area (Å²) < 4.78 is 5.90. The summed E-state index contributed by atoms with van der Waals surface area (Å²) in [6.45, 7) is 12.0. The Morgan fingerprint density at radius 1 is 1.03 bits per heavy atom. The molecule has 0 aliphatic carbocycles. The minimum Gasteiger partial charge on any atom is -0.441 e. The van der Waals surface area contributed by atoms with E-state index < -0.39 is 6.23 Å². The molecule has 1 unspecified atom stereocenters. The van der Waals surface area contributed by atoms with Crippen molar-refractivity contribution in [3.8, 4) is 11.5 Å². The lowest BCUT2D eigenvalue weighted by atomic mass is 10.1. The minimum atomic E-state index is -0.441. The van der Waals surface area contributed by atoms with Gasteiger partial charge in [0, 0.05) is 48.9 Å². The van der Waals surface area contributed by atoms with Crippen molar-refractivity contribution in [1.82, 2.24) is 9.88 Å². The van der Waals surface area contributed by atoms with E-state index in [9.17, 15) is 5.11 Å². The normalized spacial score (nSPS) is 15.8. The first-order valence-corrected chi connectivity index (χ1v) is 12.4. The topological polar surface area (TPSA) is 52.7 Å². The number of aliphatic hydroxyl groups excluding tert-OH is 1. The second kappa shape index (κ2) is 10.1. The number of piperazine rings is 1. The smallest absolute Gasteiger partial charge is 0.226 e. The van der Waals surface area contributed by atoms with Crippen molar-refractivity contribution in [3.05, 3.63) is 70.6 Å². The number of aliphatic hydroxyl groups is 1. The Balaban J connectivity index is 1.27. The lowest BCUT2D eigenvalue weighted by molar-refractivity contribution is 0.0190. The summed E-state index contributed by atoms with van der Waals surface area (Å²) in [5.41, 5.74) is 7.15. The summed E-state index contributed by atoms with van der Waals surface area (Å²) in [5.74, 6) is 2.92. The molecule has 3 aromatic rings. The highest BCUT2D eigenvalue weighted by Crippen LogP contribution is 2.26. The quantitative estimate of drug-likeness (QED) is 0.549. The Bertz CT molecular complexity index is 1060. The van der Waals surface area contributed by atoms with Gasteiger partial charge in [-0.3, -0.25) is 4.90 Å². The highest BCUT2D eigenvalue weighted by atomic mass is 32.2. The first-order valence-electron chi connectivity index (χ1n) is 11.3. The number of aromatic nitrogens is 1. The molecule has 6 heteroatoms. The van der Waals surface area contributed by atoms with Gasteiger partial charge in [-0.05, 0) is 57.0 Å². The Kier molecular flexibility index (Phi) is 7.23. The highest BCUT2D eigenvalue weighted by Gasteiger charge is 2.23. The molecule has 1 fully saturated rings. The third kappa shape index (κ3) is 5.20. The first kappa shape index (κ1) is 22.9. The van der Waals surface area contributed by atoms with Crippen molar-refractivity contribution < 1.29 is 9.52 Å². The van der Waals surface area contributed by atoms with E-state index in [1.54, 1.807) is 11.8 Å². The van der Waals surface area contributed by atoms with Crippen molar-refractivity contribution >= 4 is 17.4 Å². The largest absolute Gasteiger partial charge is 0.441 e. The molecule has 1 saturated heterocycles. The lowest BCUT2D eigenvalue weighted by Crippen LogP contribution is -2.51. The van der Waals surface area contributed by atoms with Crippen molar-refractivity contribution in [2.75, 3.05) is 36.8 Å². The summed E-state index contributed by atoms with van der Waals surface area (Å²) in [4.78, 5) is 9.32. The molecule has 4 rings (SSSR count). The summed E-state index contributed by atoms with van der Waals surface area (Å²) in [7, 11) is 0. The van der Waals surface area contributed by atoms with Crippen LogP contribution in [0, 0.1) is 27.7 Å². The van der Waals surface area contributed by atoms with Crippen LogP contribution in [-0.4, -0.2) is 53.2 Å². The van der Waals surface area contributed by atoms with Gasteiger partial charge in [-0.1, -0.05) is 29.8 Å². The fraction of sp³-hybridized carbons (Fsp3) is 0.423. The maximum absolute atomic E-state index is 10.7. The average Bonchev–Trinajstić information content (AvgIpc) is 3.16. The van der Waals surface area contributed by atoms with E-state index in [1.807, 2.05) is 19.1 Å². The molecule has 1 N–H and O–H groups in total. The maximum Gasteiger partial charge on any atom is 0.226 e. The van der Waals surface area contributed by atoms with Crippen LogP contribution in [0.2, 0.25) is 0 Å². The van der Waals surface area contributed by atoms with Crippen molar-refractivity contribution in [2.24, 2.45) is 0 Å². The predicted molar refractivity (Wildman–Crippen MR) is 133 cm³/mol. The van der Waals surface area contributed by atoms with Crippen LogP contribution in [0.4, 0.5) is 5.69 Å². The Morgan fingerprint density at radius 2 is 1.78 bits per heavy atom. The van der Waals surface area contributed by atoms with Crippen LogP contribution in [-0.2, 0) is 5.75 Å². The minimum absolute atomic E-state index is 0.441. The molecule has 1 aliphatic heterocycles. The molecule has 32 heavy (non-hydrogen) atoms. The molecule has 5 nitrogen and oxygen atoms in total. The molecule has 1 aromatic heterocycles. The zero-order valence-electron chi connectivity index (χ0n) is 19.5. The van der Waals surface area contributed by atoms with E-state index in [0.717, 1.165) is 48.9 Å². The van der Waals surface area contributed by atoms with Gasteiger partial charge >= 0.3 is 0 Å². The molecule has 0 bridgehead atoms. The molecule has 0 radical (unpaired) electrons. The van der Waals surface area contributed by atoms with E-state index in [1.165, 1.54) is 22.4 Å². The Labute approximate surface area is 195 Å². The number of hydrogen-bond acceptors (Lipinski definition) is 6. The number of rotatable bonds is 7. The van der Waals surface area contributed by atoms with Gasteiger partial charge in [0.25, 0.3) is 0 Å². The zero-order chi connectivity index (χ0) is 22.7. The Hall–Kier alpha value is -2.28. The molecule has 2 aromatic carbocycles. The number of aryl methyl sites for hydroxylation is 3. The number of anilines is 1. The molecular formula is C26H33N3O2S. The molecule has 2 heterocycles. The standard InChI is InChI=1S/C26H33N3O2S/c1-18-7-5-9-22(15-18)26-27-23(21(4)31-26)16-32-17-25(30)29-13-11-28(12-14-29)24-10-6-8-19(2)20(24)3/h5-10,15,25,30H,11-14,16-17H2,1-4H3. The number of hydrogen-bond donors (Lipinski definition) is 1. The molecule has 0 spiro atoms. The van der Waals surface area contributed by atoms with Gasteiger partial charge in [-0.2, -0.15) is 11.8 Å². The average molecular weight is 452 g/mol. The second-order valence-electron chi connectivity index (χ2n) is 8.63. The van der Waals surface area contributed by atoms with Gasteiger partial charge in [0.15, 0.2) is 0 Å². The summed E-state index contributed by atoms with van der Waals surface area (Å²) in [6, 6.07) is 14.7. The van der Waals surface area contributed by atoms with Crippen LogP contribution in [0.15, 0.2) is 46.9 Å². The number of thioether (sulfide) groups is 1. The van der Waals surface area contributed by atoms with Gasteiger partial charge in [0.1, 0.15) is 12.0 Å². The van der Waals surface area contributed by atoms with E-state index >= 15 is 0 Å². The van der Waals surface area contributed by atoms with Gasteiger partial charge in [-0.25, -0.2) is 4.98 Å². The Morgan fingerprint density at radius 3 is 2.53 bits per heavy atom. The van der Waals surface area contributed by atoms with Crippen LogP contribution in [0.5, 0.6) is 0 Å². The number of benzene rings is 2. The van der Waals surface area contributed by atoms with Gasteiger partial charge < -0.3 is 14.4 Å². The molecule has 1 atom stereocenters. The highest BCUT2D eigenvalue weighted by molar-refractivity contribution is 7.98. The first-order chi connectivity index (χ1) is 15.4. The third-order valence-corrected chi connectivity index (χ3v) is 7.33. The third-order valence-electron chi connectivity index (χ3n) is 6.32. The lowest BCUT2D eigenvalue weighted by Gasteiger charge is -2.39. The van der Waals surface area contributed by atoms with Crippen LogP contribution >= 0.6 is 11.8 Å². The van der Waals surface area contributed by atoms with Crippen LogP contribution < -0.4 is 4.90 Å².